The maximum atomic E-state index is 13.0. The molecule has 0 radical (unpaired) electrons. The molecule has 2 heterocycles. The van der Waals surface area contributed by atoms with Crippen LogP contribution >= 0.6 is 0 Å². The van der Waals surface area contributed by atoms with Gasteiger partial charge in [-0.3, -0.25) is 13.9 Å². The molecule has 1 aromatic carbocycles. The summed E-state index contributed by atoms with van der Waals surface area (Å²) in [5, 5.41) is 0. The summed E-state index contributed by atoms with van der Waals surface area (Å²) < 4.78 is 8.81. The summed E-state index contributed by atoms with van der Waals surface area (Å²) in [5.74, 6) is 0.480. The van der Waals surface area contributed by atoms with Crippen LogP contribution in [0.2, 0.25) is 0 Å². The van der Waals surface area contributed by atoms with Gasteiger partial charge in [0.25, 0.3) is 0 Å². The van der Waals surface area contributed by atoms with Gasteiger partial charge in [-0.15, -0.1) is 0 Å². The zero-order valence-corrected chi connectivity index (χ0v) is 14.7. The predicted molar refractivity (Wildman–Crippen MR) is 95.5 cm³/mol. The van der Waals surface area contributed by atoms with Gasteiger partial charge in [-0.2, -0.15) is 0 Å². The fourth-order valence-electron chi connectivity index (χ4n) is 3.80. The largest absolute Gasteiger partial charge is 0.381 e. The van der Waals surface area contributed by atoms with Gasteiger partial charge in [0.05, 0.1) is 17.6 Å². The summed E-state index contributed by atoms with van der Waals surface area (Å²) in [6, 6.07) is 8.05. The van der Waals surface area contributed by atoms with E-state index >= 15 is 0 Å². The average molecular weight is 343 g/mol. The van der Waals surface area contributed by atoms with Crippen molar-refractivity contribution in [3.8, 4) is 0 Å². The van der Waals surface area contributed by atoms with E-state index in [4.69, 9.17) is 4.74 Å². The van der Waals surface area contributed by atoms with E-state index in [2.05, 4.69) is 0 Å². The number of para-hydroxylation sites is 2. The molecular weight excluding hydrogens is 318 g/mol. The molecule has 0 spiro atoms. The van der Waals surface area contributed by atoms with Crippen molar-refractivity contribution >= 4 is 16.9 Å². The van der Waals surface area contributed by atoms with Gasteiger partial charge in [-0.1, -0.05) is 12.1 Å². The van der Waals surface area contributed by atoms with E-state index in [9.17, 15) is 9.59 Å². The van der Waals surface area contributed by atoms with Crippen molar-refractivity contribution in [2.24, 2.45) is 5.92 Å². The Morgan fingerprint density at radius 3 is 2.52 bits per heavy atom. The van der Waals surface area contributed by atoms with Crippen molar-refractivity contribution in [2.75, 3.05) is 19.8 Å². The lowest BCUT2D eigenvalue weighted by Gasteiger charge is -2.25. The second kappa shape index (κ2) is 6.67. The van der Waals surface area contributed by atoms with Crippen molar-refractivity contribution in [1.82, 2.24) is 14.0 Å². The van der Waals surface area contributed by atoms with Crippen LogP contribution < -0.4 is 5.69 Å². The molecule has 1 saturated carbocycles. The lowest BCUT2D eigenvalue weighted by molar-refractivity contribution is -0.133. The Kier molecular flexibility index (Phi) is 4.37. The van der Waals surface area contributed by atoms with E-state index in [-0.39, 0.29) is 18.1 Å². The van der Waals surface area contributed by atoms with E-state index < -0.39 is 0 Å². The number of imidazole rings is 1. The monoisotopic (exact) mass is 343 g/mol. The molecule has 1 aliphatic carbocycles. The summed E-state index contributed by atoms with van der Waals surface area (Å²) in [7, 11) is 0. The van der Waals surface area contributed by atoms with Gasteiger partial charge in [-0.25, -0.2) is 4.79 Å². The van der Waals surface area contributed by atoms with Gasteiger partial charge in [-0.05, 0) is 38.3 Å². The van der Waals surface area contributed by atoms with Gasteiger partial charge in [0.15, 0.2) is 0 Å². The first kappa shape index (κ1) is 16.4. The standard InChI is InChI=1S/C19H25N3O3/c1-2-20-16-5-3-4-6-17(16)22(19(20)24)12-18(23)21(15-7-8-15)11-14-9-10-25-13-14/h3-6,14-15H,2,7-13H2,1H3/t14-/m1/s1. The van der Waals surface area contributed by atoms with Crippen molar-refractivity contribution < 1.29 is 9.53 Å². The Bertz CT molecular complexity index is 828. The Labute approximate surface area is 147 Å². The number of ether oxygens (including phenoxy) is 1. The molecule has 134 valence electrons. The minimum atomic E-state index is -0.100. The molecule has 4 rings (SSSR count). The van der Waals surface area contributed by atoms with Gasteiger partial charge < -0.3 is 9.64 Å². The molecule has 6 heteroatoms. The Balaban J connectivity index is 1.60. The number of amides is 1. The van der Waals surface area contributed by atoms with Crippen LogP contribution in [0.1, 0.15) is 26.2 Å². The van der Waals surface area contributed by atoms with Crippen LogP contribution in [0.15, 0.2) is 29.1 Å². The summed E-state index contributed by atoms with van der Waals surface area (Å²) in [6.07, 6.45) is 3.17. The van der Waals surface area contributed by atoms with E-state index in [1.165, 1.54) is 0 Å². The molecule has 1 saturated heterocycles. The molecule has 0 unspecified atom stereocenters. The van der Waals surface area contributed by atoms with Gasteiger partial charge in [0.1, 0.15) is 6.54 Å². The van der Waals surface area contributed by atoms with Crippen molar-refractivity contribution in [2.45, 2.75) is 45.3 Å². The molecule has 25 heavy (non-hydrogen) atoms. The van der Waals surface area contributed by atoms with E-state index in [1.54, 1.807) is 9.13 Å². The molecule has 2 fully saturated rings. The number of hydrogen-bond donors (Lipinski definition) is 0. The Morgan fingerprint density at radius 2 is 1.92 bits per heavy atom. The highest BCUT2D eigenvalue weighted by Gasteiger charge is 2.35. The minimum absolute atomic E-state index is 0.0514. The maximum Gasteiger partial charge on any atom is 0.329 e. The maximum absolute atomic E-state index is 13.0. The molecule has 0 N–H and O–H groups in total. The first-order valence-corrected chi connectivity index (χ1v) is 9.24. The van der Waals surface area contributed by atoms with Crippen molar-refractivity contribution in [3.05, 3.63) is 34.7 Å². The summed E-state index contributed by atoms with van der Waals surface area (Å²) in [6.45, 7) is 4.97. The number of carbonyl (C=O) groups excluding carboxylic acids is 1. The van der Waals surface area contributed by atoms with Crippen LogP contribution in [0.4, 0.5) is 0 Å². The van der Waals surface area contributed by atoms with Crippen LogP contribution in [0.3, 0.4) is 0 Å². The van der Waals surface area contributed by atoms with Crippen LogP contribution in [-0.4, -0.2) is 45.7 Å². The number of hydrogen-bond acceptors (Lipinski definition) is 3. The van der Waals surface area contributed by atoms with E-state index in [1.807, 2.05) is 36.1 Å². The molecule has 2 aromatic rings. The lowest BCUT2D eigenvalue weighted by atomic mass is 10.1. The number of nitrogens with zero attached hydrogens (tertiary/aromatic N) is 3. The molecule has 1 aliphatic heterocycles. The van der Waals surface area contributed by atoms with Crippen LogP contribution in [-0.2, 0) is 22.6 Å². The fourth-order valence-corrected chi connectivity index (χ4v) is 3.80. The topological polar surface area (TPSA) is 56.5 Å². The van der Waals surface area contributed by atoms with E-state index in [0.29, 0.717) is 18.5 Å². The van der Waals surface area contributed by atoms with Crippen molar-refractivity contribution in [3.63, 3.8) is 0 Å². The molecule has 0 bridgehead atoms. The lowest BCUT2D eigenvalue weighted by Crippen LogP contribution is -2.41. The second-order valence-electron chi connectivity index (χ2n) is 7.11. The highest BCUT2D eigenvalue weighted by molar-refractivity contribution is 5.81. The SMILES string of the molecule is CCn1c(=O)n(CC(=O)N(C[C@H]2CCOC2)C2CC2)c2ccccc21. The molecule has 6 nitrogen and oxygen atoms in total. The number of rotatable bonds is 6. The Morgan fingerprint density at radius 1 is 1.20 bits per heavy atom. The number of aryl methyl sites for hydroxylation is 1. The molecule has 1 atom stereocenters. The molecule has 2 aliphatic rings. The zero-order valence-electron chi connectivity index (χ0n) is 14.7. The first-order chi connectivity index (χ1) is 12.2. The third-order valence-corrected chi connectivity index (χ3v) is 5.32. The quantitative estimate of drug-likeness (QED) is 0.804. The highest BCUT2D eigenvalue weighted by atomic mass is 16.5. The third kappa shape index (κ3) is 3.11. The van der Waals surface area contributed by atoms with Crippen LogP contribution in [0.5, 0.6) is 0 Å². The highest BCUT2D eigenvalue weighted by Crippen LogP contribution is 2.29. The van der Waals surface area contributed by atoms with Crippen molar-refractivity contribution in [1.29, 1.82) is 0 Å². The summed E-state index contributed by atoms with van der Waals surface area (Å²) in [4.78, 5) is 27.7. The number of carbonyl (C=O) groups is 1. The fraction of sp³-hybridized carbons (Fsp3) is 0.579. The minimum Gasteiger partial charge on any atom is -0.381 e. The van der Waals surface area contributed by atoms with Gasteiger partial charge >= 0.3 is 5.69 Å². The first-order valence-electron chi connectivity index (χ1n) is 9.24. The van der Waals surface area contributed by atoms with Gasteiger partial charge in [0, 0.05) is 31.7 Å². The normalized spacial score (nSPS) is 20.3. The number of benzene rings is 1. The summed E-state index contributed by atoms with van der Waals surface area (Å²) >= 11 is 0. The molecule has 1 amide bonds. The van der Waals surface area contributed by atoms with Gasteiger partial charge in [0.2, 0.25) is 5.91 Å². The zero-order chi connectivity index (χ0) is 17.4. The Hall–Kier alpha value is -2.08. The van der Waals surface area contributed by atoms with E-state index in [0.717, 1.165) is 50.1 Å². The average Bonchev–Trinajstić information content (AvgIpc) is 3.26. The number of aromatic nitrogens is 2. The summed E-state index contributed by atoms with van der Waals surface area (Å²) in [5.41, 5.74) is 1.63. The molecular formula is C19H25N3O3. The smallest absolute Gasteiger partial charge is 0.329 e. The third-order valence-electron chi connectivity index (χ3n) is 5.32. The van der Waals surface area contributed by atoms with Crippen LogP contribution in [0.25, 0.3) is 11.0 Å². The number of fused-ring (bicyclic) bond motifs is 1. The second-order valence-corrected chi connectivity index (χ2v) is 7.11. The molecule has 1 aromatic heterocycles. The van der Waals surface area contributed by atoms with Crippen LogP contribution in [0, 0.1) is 5.92 Å². The predicted octanol–water partition coefficient (Wildman–Crippen LogP) is 1.85.